The van der Waals surface area contributed by atoms with Crippen LogP contribution in [0.5, 0.6) is 0 Å². The summed E-state index contributed by atoms with van der Waals surface area (Å²) < 4.78 is 61.9. The fraction of sp³-hybridized carbons (Fsp3) is 0.269. The molecule has 0 aliphatic carbocycles. The van der Waals surface area contributed by atoms with Gasteiger partial charge in [0.05, 0.1) is 28.8 Å². The van der Waals surface area contributed by atoms with Crippen molar-refractivity contribution < 1.29 is 22.3 Å². The molecule has 4 aromatic rings. The highest BCUT2D eigenvalue weighted by atomic mass is 35.5. The third-order valence-electron chi connectivity index (χ3n) is 6.43. The number of morpholine rings is 1. The molecule has 0 amide bonds. The number of alkyl halides is 3. The standard InChI is InChI=1S/C26H21ClF4N4O2/c1-14-32-20-12-22(33-24(23(20)25(36)34(14)2)18-7-6-17(27)11-19(18)28)35-8-9-37-21(13-35)15-4-3-5-16(10-15)26(29,30)31/h3-7,10-12,21H,8-9,13H2,1-2H3/t21-/m1/s1. The minimum absolute atomic E-state index is 0.0849. The van der Waals surface area contributed by atoms with Crippen LogP contribution in [0.15, 0.2) is 53.3 Å². The first kappa shape index (κ1) is 25.2. The van der Waals surface area contributed by atoms with Crippen molar-refractivity contribution in [3.63, 3.8) is 0 Å². The first-order chi connectivity index (χ1) is 17.5. The SMILES string of the molecule is Cc1nc2cc(N3CCO[C@@H](c4cccc(C(F)(F)F)c4)C3)nc(-c3ccc(Cl)cc3F)c2c(=O)n1C. The molecule has 2 aromatic carbocycles. The first-order valence-corrected chi connectivity index (χ1v) is 11.8. The van der Waals surface area contributed by atoms with Crippen LogP contribution in [-0.2, 0) is 18.0 Å². The van der Waals surface area contributed by atoms with Gasteiger partial charge in [0.15, 0.2) is 0 Å². The maximum absolute atomic E-state index is 15.0. The van der Waals surface area contributed by atoms with E-state index in [-0.39, 0.29) is 40.4 Å². The Hall–Kier alpha value is -3.50. The molecule has 1 saturated heterocycles. The second-order valence-corrected chi connectivity index (χ2v) is 9.24. The van der Waals surface area contributed by atoms with Crippen molar-refractivity contribution in [3.8, 4) is 11.3 Å². The zero-order chi connectivity index (χ0) is 26.5. The Morgan fingerprint density at radius 1 is 1.11 bits per heavy atom. The minimum atomic E-state index is -4.47. The van der Waals surface area contributed by atoms with Gasteiger partial charge in [0.1, 0.15) is 23.6 Å². The van der Waals surface area contributed by atoms with E-state index in [0.29, 0.717) is 29.3 Å². The molecule has 1 aliphatic rings. The third-order valence-corrected chi connectivity index (χ3v) is 6.67. The van der Waals surface area contributed by atoms with E-state index in [1.165, 1.54) is 22.8 Å². The topological polar surface area (TPSA) is 60.2 Å². The molecule has 0 radical (unpaired) electrons. The Bertz CT molecular complexity index is 1570. The first-order valence-electron chi connectivity index (χ1n) is 11.4. The summed E-state index contributed by atoms with van der Waals surface area (Å²) in [6.45, 7) is 2.50. The molecular weight excluding hydrogens is 512 g/mol. The van der Waals surface area contributed by atoms with Gasteiger partial charge in [0.2, 0.25) is 0 Å². The summed E-state index contributed by atoms with van der Waals surface area (Å²) in [5.74, 6) is 0.211. The van der Waals surface area contributed by atoms with Crippen LogP contribution in [0.1, 0.15) is 23.1 Å². The summed E-state index contributed by atoms with van der Waals surface area (Å²) in [4.78, 5) is 24.2. The van der Waals surface area contributed by atoms with Crippen LogP contribution >= 0.6 is 11.6 Å². The molecule has 5 rings (SSSR count). The van der Waals surface area contributed by atoms with Gasteiger partial charge in [-0.05, 0) is 42.8 Å². The molecule has 1 atom stereocenters. The number of aryl methyl sites for hydroxylation is 1. The number of ether oxygens (including phenoxy) is 1. The van der Waals surface area contributed by atoms with E-state index in [0.717, 1.165) is 18.2 Å². The van der Waals surface area contributed by atoms with Gasteiger partial charge in [0, 0.05) is 36.8 Å². The molecule has 11 heteroatoms. The van der Waals surface area contributed by atoms with E-state index in [1.54, 1.807) is 26.1 Å². The van der Waals surface area contributed by atoms with Crippen LogP contribution in [0.4, 0.5) is 23.4 Å². The summed E-state index contributed by atoms with van der Waals surface area (Å²) in [7, 11) is 1.57. The van der Waals surface area contributed by atoms with Crippen molar-refractivity contribution in [2.75, 3.05) is 24.6 Å². The molecule has 0 unspecified atom stereocenters. The molecule has 0 spiro atoms. The van der Waals surface area contributed by atoms with Crippen LogP contribution in [0, 0.1) is 12.7 Å². The average molecular weight is 533 g/mol. The minimum Gasteiger partial charge on any atom is -0.370 e. The quantitative estimate of drug-likeness (QED) is 0.317. The largest absolute Gasteiger partial charge is 0.416 e. The predicted octanol–water partition coefficient (Wildman–Crippen LogP) is 5.69. The molecule has 37 heavy (non-hydrogen) atoms. The molecule has 0 saturated carbocycles. The molecule has 2 aromatic heterocycles. The number of rotatable bonds is 3. The fourth-order valence-corrected chi connectivity index (χ4v) is 4.55. The Morgan fingerprint density at radius 3 is 2.62 bits per heavy atom. The van der Waals surface area contributed by atoms with E-state index < -0.39 is 23.7 Å². The van der Waals surface area contributed by atoms with Gasteiger partial charge in [-0.1, -0.05) is 23.7 Å². The average Bonchev–Trinajstić information content (AvgIpc) is 2.86. The molecule has 0 bridgehead atoms. The monoisotopic (exact) mass is 532 g/mol. The Kier molecular flexibility index (Phi) is 6.41. The van der Waals surface area contributed by atoms with Gasteiger partial charge in [-0.3, -0.25) is 9.36 Å². The maximum Gasteiger partial charge on any atom is 0.416 e. The molecule has 0 N–H and O–H groups in total. The zero-order valence-electron chi connectivity index (χ0n) is 19.8. The summed E-state index contributed by atoms with van der Waals surface area (Å²) in [5.41, 5.74) is -0.233. The highest BCUT2D eigenvalue weighted by Gasteiger charge is 2.32. The lowest BCUT2D eigenvalue weighted by molar-refractivity contribution is -0.137. The number of benzene rings is 2. The Balaban J connectivity index is 1.62. The molecule has 6 nitrogen and oxygen atoms in total. The predicted molar refractivity (Wildman–Crippen MR) is 132 cm³/mol. The third kappa shape index (κ3) is 4.78. The highest BCUT2D eigenvalue weighted by molar-refractivity contribution is 6.30. The lowest BCUT2D eigenvalue weighted by atomic mass is 10.0. The molecule has 3 heterocycles. The van der Waals surface area contributed by atoms with E-state index in [4.69, 9.17) is 16.3 Å². The van der Waals surface area contributed by atoms with Crippen molar-refractivity contribution in [3.05, 3.63) is 86.7 Å². The number of aromatic nitrogens is 3. The number of anilines is 1. The highest BCUT2D eigenvalue weighted by Crippen LogP contribution is 2.35. The van der Waals surface area contributed by atoms with E-state index in [1.807, 2.05) is 4.90 Å². The lowest BCUT2D eigenvalue weighted by Gasteiger charge is -2.34. The second kappa shape index (κ2) is 9.42. The second-order valence-electron chi connectivity index (χ2n) is 8.80. The van der Waals surface area contributed by atoms with Gasteiger partial charge >= 0.3 is 6.18 Å². The molecule has 1 fully saturated rings. The van der Waals surface area contributed by atoms with Gasteiger partial charge < -0.3 is 9.64 Å². The van der Waals surface area contributed by atoms with Crippen LogP contribution in [0.25, 0.3) is 22.2 Å². The van der Waals surface area contributed by atoms with E-state index in [2.05, 4.69) is 9.97 Å². The van der Waals surface area contributed by atoms with E-state index in [9.17, 15) is 22.4 Å². The molecule has 192 valence electrons. The van der Waals surface area contributed by atoms with Crippen molar-refractivity contribution in [1.82, 2.24) is 14.5 Å². The van der Waals surface area contributed by atoms with Gasteiger partial charge in [0.25, 0.3) is 5.56 Å². The van der Waals surface area contributed by atoms with E-state index >= 15 is 0 Å². The van der Waals surface area contributed by atoms with Gasteiger partial charge in [-0.15, -0.1) is 0 Å². The molecular formula is C26H21ClF4N4O2. The smallest absolute Gasteiger partial charge is 0.370 e. The van der Waals surface area contributed by atoms with Crippen molar-refractivity contribution >= 4 is 28.3 Å². The Morgan fingerprint density at radius 2 is 1.89 bits per heavy atom. The summed E-state index contributed by atoms with van der Waals surface area (Å²) in [5, 5.41) is 0.349. The van der Waals surface area contributed by atoms with Crippen molar-refractivity contribution in [2.45, 2.75) is 19.2 Å². The number of hydrogen-bond acceptors (Lipinski definition) is 5. The fourth-order valence-electron chi connectivity index (χ4n) is 4.39. The van der Waals surface area contributed by atoms with Gasteiger partial charge in [-0.25, -0.2) is 14.4 Å². The maximum atomic E-state index is 15.0. The van der Waals surface area contributed by atoms with Crippen molar-refractivity contribution in [1.29, 1.82) is 0 Å². The van der Waals surface area contributed by atoms with Gasteiger partial charge in [-0.2, -0.15) is 13.2 Å². The Labute approximate surface area is 214 Å². The summed E-state index contributed by atoms with van der Waals surface area (Å²) in [6.07, 6.45) is -5.13. The normalized spacial score (nSPS) is 16.4. The molecule has 1 aliphatic heterocycles. The lowest BCUT2D eigenvalue weighted by Crippen LogP contribution is -2.39. The number of halogens is 5. The number of fused-ring (bicyclic) bond motifs is 1. The number of pyridine rings is 1. The van der Waals surface area contributed by atoms with Crippen LogP contribution in [0.3, 0.4) is 0 Å². The zero-order valence-corrected chi connectivity index (χ0v) is 20.6. The van der Waals surface area contributed by atoms with Crippen LogP contribution in [-0.4, -0.2) is 34.2 Å². The number of nitrogens with zero attached hydrogens (tertiary/aromatic N) is 4. The summed E-state index contributed by atoms with van der Waals surface area (Å²) in [6, 6.07) is 10.7. The van der Waals surface area contributed by atoms with Crippen LogP contribution < -0.4 is 10.5 Å². The van der Waals surface area contributed by atoms with Crippen molar-refractivity contribution in [2.24, 2.45) is 7.05 Å². The number of hydrogen-bond donors (Lipinski definition) is 0. The summed E-state index contributed by atoms with van der Waals surface area (Å²) >= 11 is 5.94. The van der Waals surface area contributed by atoms with Crippen LogP contribution in [0.2, 0.25) is 5.02 Å².